The molecule has 1 N–H and O–H groups in total. The number of carbonyl (C=O) groups is 2. The van der Waals surface area contributed by atoms with Crippen LogP contribution in [0.3, 0.4) is 0 Å². The molecule has 0 spiro atoms. The van der Waals surface area contributed by atoms with E-state index in [4.69, 9.17) is 9.84 Å². The fourth-order valence-electron chi connectivity index (χ4n) is 5.29. The molecule has 0 aliphatic heterocycles. The van der Waals surface area contributed by atoms with Crippen molar-refractivity contribution < 1.29 is 19.4 Å². The molecule has 0 heterocycles. The van der Waals surface area contributed by atoms with Gasteiger partial charge in [0, 0.05) is 5.92 Å². The second kappa shape index (κ2) is 9.59. The minimum atomic E-state index is -0.949. The number of rotatable bonds is 9. The van der Waals surface area contributed by atoms with E-state index in [1.54, 1.807) is 0 Å². The third kappa shape index (κ3) is 6.63. The van der Waals surface area contributed by atoms with E-state index in [0.29, 0.717) is 23.7 Å². The summed E-state index contributed by atoms with van der Waals surface area (Å²) in [6.45, 7) is 13.6. The van der Waals surface area contributed by atoms with Gasteiger partial charge >= 0.3 is 11.9 Å². The first-order chi connectivity index (χ1) is 11.6. The number of ether oxygens (including phenoxy) is 1. The van der Waals surface area contributed by atoms with Crippen molar-refractivity contribution in [2.45, 2.75) is 92.6 Å². The predicted octanol–water partition coefficient (Wildman–Crippen LogP) is 5.30. The first-order valence-corrected chi connectivity index (χ1v) is 9.98. The average Bonchev–Trinajstić information content (AvgIpc) is 2.42. The van der Waals surface area contributed by atoms with Gasteiger partial charge in [-0.25, -0.2) is 0 Å². The lowest BCUT2D eigenvalue weighted by Crippen LogP contribution is -2.48. The molecule has 0 aromatic rings. The minimum Gasteiger partial charge on any atom is -0.481 e. The molecule has 0 amide bonds. The average molecular weight is 355 g/mol. The lowest BCUT2D eigenvalue weighted by Gasteiger charge is -2.51. The van der Waals surface area contributed by atoms with E-state index in [2.05, 4.69) is 41.5 Å². The van der Waals surface area contributed by atoms with Gasteiger partial charge in [-0.05, 0) is 55.3 Å². The van der Waals surface area contributed by atoms with Gasteiger partial charge < -0.3 is 9.84 Å². The molecule has 0 radical (unpaired) electrons. The van der Waals surface area contributed by atoms with Gasteiger partial charge in [0.2, 0.25) is 0 Å². The quantitative estimate of drug-likeness (QED) is 0.571. The Morgan fingerprint density at radius 3 is 2.04 bits per heavy atom. The third-order valence-corrected chi connectivity index (χ3v) is 5.44. The maximum Gasteiger partial charge on any atom is 0.306 e. The molecule has 4 nitrogen and oxygen atoms in total. The van der Waals surface area contributed by atoms with Gasteiger partial charge in [0.05, 0.1) is 12.8 Å². The predicted molar refractivity (Wildman–Crippen MR) is 100 cm³/mol. The Kier molecular flexibility index (Phi) is 8.43. The SMILES string of the molecule is CC(C)CC1(CC(C)C)CCCC(OC(=O)CCC(=O)O)C1C(C)C. The molecule has 1 aliphatic rings. The molecule has 0 bridgehead atoms. The summed E-state index contributed by atoms with van der Waals surface area (Å²) in [6.07, 6.45) is 5.26. The molecule has 2 atom stereocenters. The molecule has 0 saturated heterocycles. The first kappa shape index (κ1) is 22.0. The van der Waals surface area contributed by atoms with Crippen LogP contribution in [0.15, 0.2) is 0 Å². The van der Waals surface area contributed by atoms with Crippen LogP contribution in [-0.4, -0.2) is 23.1 Å². The lowest BCUT2D eigenvalue weighted by molar-refractivity contribution is -0.165. The van der Waals surface area contributed by atoms with E-state index < -0.39 is 5.97 Å². The van der Waals surface area contributed by atoms with Gasteiger partial charge in [0.1, 0.15) is 6.10 Å². The summed E-state index contributed by atoms with van der Waals surface area (Å²) >= 11 is 0. The Balaban J connectivity index is 3.00. The number of carboxylic acids is 1. The zero-order chi connectivity index (χ0) is 19.2. The van der Waals surface area contributed by atoms with E-state index in [-0.39, 0.29) is 30.3 Å². The van der Waals surface area contributed by atoms with E-state index in [1.165, 1.54) is 6.42 Å². The van der Waals surface area contributed by atoms with Crippen molar-refractivity contribution in [3.8, 4) is 0 Å². The van der Waals surface area contributed by atoms with Gasteiger partial charge in [-0.1, -0.05) is 41.5 Å². The summed E-state index contributed by atoms with van der Waals surface area (Å²) in [4.78, 5) is 22.9. The van der Waals surface area contributed by atoms with Crippen LogP contribution in [0.25, 0.3) is 0 Å². The van der Waals surface area contributed by atoms with Crippen LogP contribution >= 0.6 is 0 Å². The van der Waals surface area contributed by atoms with E-state index >= 15 is 0 Å². The molecule has 146 valence electrons. The van der Waals surface area contributed by atoms with Crippen LogP contribution in [0.1, 0.15) is 86.5 Å². The van der Waals surface area contributed by atoms with Crippen LogP contribution in [0.4, 0.5) is 0 Å². The Labute approximate surface area is 153 Å². The molecule has 4 heteroatoms. The molecular weight excluding hydrogens is 316 g/mol. The largest absolute Gasteiger partial charge is 0.481 e. The highest BCUT2D eigenvalue weighted by molar-refractivity contribution is 5.76. The smallest absolute Gasteiger partial charge is 0.306 e. The van der Waals surface area contributed by atoms with E-state index in [9.17, 15) is 9.59 Å². The summed E-state index contributed by atoms with van der Waals surface area (Å²) in [5.41, 5.74) is 0.215. The minimum absolute atomic E-state index is 0.0298. The number of carboxylic acid groups (broad SMARTS) is 1. The van der Waals surface area contributed by atoms with Gasteiger partial charge in [-0.15, -0.1) is 0 Å². The molecule has 25 heavy (non-hydrogen) atoms. The third-order valence-electron chi connectivity index (χ3n) is 5.44. The van der Waals surface area contributed by atoms with Crippen molar-refractivity contribution >= 4 is 11.9 Å². The standard InChI is InChI=1S/C21H38O4/c1-14(2)12-21(13-15(3)4)11-7-8-17(20(21)16(5)6)25-19(24)10-9-18(22)23/h14-17,20H,7-13H2,1-6H3,(H,22,23). The van der Waals surface area contributed by atoms with Crippen molar-refractivity contribution in [1.82, 2.24) is 0 Å². The number of hydrogen-bond donors (Lipinski definition) is 1. The summed E-state index contributed by atoms with van der Waals surface area (Å²) in [5, 5.41) is 8.78. The number of carbonyl (C=O) groups excluding carboxylic acids is 1. The number of hydrogen-bond acceptors (Lipinski definition) is 3. The Morgan fingerprint density at radius 2 is 1.60 bits per heavy atom. The van der Waals surface area contributed by atoms with Crippen LogP contribution < -0.4 is 0 Å². The Morgan fingerprint density at radius 1 is 1.04 bits per heavy atom. The fourth-order valence-corrected chi connectivity index (χ4v) is 5.29. The number of aliphatic carboxylic acids is 1. The molecular formula is C21H38O4. The fraction of sp³-hybridized carbons (Fsp3) is 0.905. The summed E-state index contributed by atoms with van der Waals surface area (Å²) < 4.78 is 5.83. The van der Waals surface area contributed by atoms with Crippen LogP contribution in [0, 0.1) is 29.1 Å². The van der Waals surface area contributed by atoms with Gasteiger partial charge in [0.25, 0.3) is 0 Å². The normalized spacial score (nSPS) is 23.2. The molecule has 1 fully saturated rings. The first-order valence-electron chi connectivity index (χ1n) is 9.98. The topological polar surface area (TPSA) is 63.6 Å². The zero-order valence-electron chi connectivity index (χ0n) is 17.0. The Hall–Kier alpha value is -1.06. The van der Waals surface area contributed by atoms with Gasteiger partial charge in [-0.2, -0.15) is 0 Å². The van der Waals surface area contributed by atoms with Crippen LogP contribution in [-0.2, 0) is 14.3 Å². The van der Waals surface area contributed by atoms with Crippen molar-refractivity contribution in [2.24, 2.45) is 29.1 Å². The summed E-state index contributed by atoms with van der Waals surface area (Å²) in [7, 11) is 0. The van der Waals surface area contributed by atoms with Gasteiger partial charge in [0.15, 0.2) is 0 Å². The van der Waals surface area contributed by atoms with Crippen LogP contribution in [0.2, 0.25) is 0 Å². The van der Waals surface area contributed by atoms with Crippen LogP contribution in [0.5, 0.6) is 0 Å². The highest BCUT2D eigenvalue weighted by Crippen LogP contribution is 2.53. The summed E-state index contributed by atoms with van der Waals surface area (Å²) in [5.74, 6) is 0.704. The zero-order valence-corrected chi connectivity index (χ0v) is 17.0. The second-order valence-corrected chi connectivity index (χ2v) is 9.14. The van der Waals surface area contributed by atoms with Crippen molar-refractivity contribution in [3.05, 3.63) is 0 Å². The molecule has 1 aliphatic carbocycles. The van der Waals surface area contributed by atoms with Crippen molar-refractivity contribution in [2.75, 3.05) is 0 Å². The summed E-state index contributed by atoms with van der Waals surface area (Å²) in [6, 6.07) is 0. The molecule has 0 aromatic heterocycles. The maximum atomic E-state index is 12.2. The molecule has 0 aromatic carbocycles. The van der Waals surface area contributed by atoms with Crippen molar-refractivity contribution in [1.29, 1.82) is 0 Å². The monoisotopic (exact) mass is 354 g/mol. The molecule has 1 rings (SSSR count). The molecule has 2 unspecified atom stereocenters. The number of esters is 1. The highest BCUT2D eigenvalue weighted by atomic mass is 16.5. The van der Waals surface area contributed by atoms with Crippen molar-refractivity contribution in [3.63, 3.8) is 0 Å². The second-order valence-electron chi connectivity index (χ2n) is 9.14. The maximum absolute atomic E-state index is 12.2. The molecule has 1 saturated carbocycles. The highest BCUT2D eigenvalue weighted by Gasteiger charge is 2.48. The Bertz CT molecular complexity index is 429. The lowest BCUT2D eigenvalue weighted by atomic mass is 9.55. The van der Waals surface area contributed by atoms with Gasteiger partial charge in [-0.3, -0.25) is 9.59 Å². The van der Waals surface area contributed by atoms with E-state index in [0.717, 1.165) is 25.7 Å². The van der Waals surface area contributed by atoms with E-state index in [1.807, 2.05) is 0 Å².